The number of anilines is 1. The Morgan fingerprint density at radius 1 is 1.40 bits per heavy atom. The summed E-state index contributed by atoms with van der Waals surface area (Å²) in [7, 11) is 3.84. The third-order valence-corrected chi connectivity index (χ3v) is 2.50. The second-order valence-electron chi connectivity index (χ2n) is 4.02. The van der Waals surface area contributed by atoms with Crippen LogP contribution in [0.15, 0.2) is 18.2 Å². The molecule has 0 heterocycles. The van der Waals surface area contributed by atoms with Gasteiger partial charge in [0.1, 0.15) is 0 Å². The van der Waals surface area contributed by atoms with E-state index in [9.17, 15) is 4.79 Å². The van der Waals surface area contributed by atoms with Crippen molar-refractivity contribution in [3.05, 3.63) is 29.3 Å². The van der Waals surface area contributed by atoms with E-state index in [2.05, 4.69) is 0 Å². The van der Waals surface area contributed by atoms with E-state index in [1.807, 2.05) is 44.1 Å². The van der Waals surface area contributed by atoms with Gasteiger partial charge in [-0.15, -0.1) is 0 Å². The Balaban J connectivity index is 3.24. The zero-order chi connectivity index (χ0) is 11.6. The summed E-state index contributed by atoms with van der Waals surface area (Å²) in [6, 6.07) is 5.89. The molecule has 0 aliphatic carbocycles. The first kappa shape index (κ1) is 11.6. The summed E-state index contributed by atoms with van der Waals surface area (Å²) in [6.07, 6.45) is 0. The maximum Gasteiger partial charge on any atom is 0.310 e. The highest BCUT2D eigenvalue weighted by Gasteiger charge is 2.18. The molecule has 0 aliphatic rings. The topological polar surface area (TPSA) is 40.5 Å². The van der Waals surface area contributed by atoms with Crippen LogP contribution in [-0.2, 0) is 4.79 Å². The SMILES string of the molecule is Cc1ccc(N(C)C)c(C(C)C(=O)O)c1. The first-order chi connectivity index (χ1) is 6.93. The molecule has 1 N–H and O–H groups in total. The third-order valence-electron chi connectivity index (χ3n) is 2.50. The van der Waals surface area contributed by atoms with Gasteiger partial charge in [-0.25, -0.2) is 0 Å². The Labute approximate surface area is 90.3 Å². The monoisotopic (exact) mass is 207 g/mol. The molecule has 1 unspecified atom stereocenters. The van der Waals surface area contributed by atoms with Gasteiger partial charge in [0.05, 0.1) is 5.92 Å². The van der Waals surface area contributed by atoms with E-state index in [0.717, 1.165) is 16.8 Å². The minimum absolute atomic E-state index is 0.470. The zero-order valence-electron chi connectivity index (χ0n) is 9.61. The number of rotatable bonds is 3. The van der Waals surface area contributed by atoms with Crippen molar-refractivity contribution in [3.63, 3.8) is 0 Å². The first-order valence-electron chi connectivity index (χ1n) is 4.94. The van der Waals surface area contributed by atoms with Gasteiger partial charge in [0, 0.05) is 19.8 Å². The average Bonchev–Trinajstić information content (AvgIpc) is 2.15. The molecule has 0 saturated carbocycles. The van der Waals surface area contributed by atoms with Gasteiger partial charge in [-0.3, -0.25) is 4.79 Å². The van der Waals surface area contributed by atoms with E-state index in [4.69, 9.17) is 5.11 Å². The second-order valence-corrected chi connectivity index (χ2v) is 4.02. The molecule has 1 aromatic rings. The predicted octanol–water partition coefficient (Wildman–Crippen LogP) is 2.25. The molecule has 1 rings (SSSR count). The summed E-state index contributed by atoms with van der Waals surface area (Å²) < 4.78 is 0. The van der Waals surface area contributed by atoms with Crippen LogP contribution in [-0.4, -0.2) is 25.2 Å². The zero-order valence-corrected chi connectivity index (χ0v) is 9.61. The molecule has 1 atom stereocenters. The van der Waals surface area contributed by atoms with E-state index >= 15 is 0 Å². The lowest BCUT2D eigenvalue weighted by molar-refractivity contribution is -0.138. The summed E-state index contributed by atoms with van der Waals surface area (Å²) in [5.41, 5.74) is 2.92. The molecule has 1 aromatic carbocycles. The van der Waals surface area contributed by atoms with Crippen LogP contribution in [0.2, 0.25) is 0 Å². The Bertz CT molecular complexity index is 372. The minimum Gasteiger partial charge on any atom is -0.481 e. The van der Waals surface area contributed by atoms with E-state index in [0.29, 0.717) is 0 Å². The Morgan fingerprint density at radius 3 is 2.47 bits per heavy atom. The molecule has 0 radical (unpaired) electrons. The number of carboxylic acid groups (broad SMARTS) is 1. The van der Waals surface area contributed by atoms with E-state index in [1.54, 1.807) is 6.92 Å². The fraction of sp³-hybridized carbons (Fsp3) is 0.417. The summed E-state index contributed by atoms with van der Waals surface area (Å²) in [6.45, 7) is 3.68. The predicted molar refractivity (Wildman–Crippen MR) is 61.6 cm³/mol. The van der Waals surface area contributed by atoms with Crippen LogP contribution in [0.4, 0.5) is 5.69 Å². The summed E-state index contributed by atoms with van der Waals surface area (Å²) in [5.74, 6) is -1.26. The minimum atomic E-state index is -0.788. The second kappa shape index (κ2) is 4.34. The van der Waals surface area contributed by atoms with Gasteiger partial charge in [0.15, 0.2) is 0 Å². The van der Waals surface area contributed by atoms with Crippen LogP contribution < -0.4 is 4.90 Å². The number of aryl methyl sites for hydroxylation is 1. The molecular weight excluding hydrogens is 190 g/mol. The van der Waals surface area contributed by atoms with Crippen molar-refractivity contribution in [2.24, 2.45) is 0 Å². The van der Waals surface area contributed by atoms with Gasteiger partial charge in [0.2, 0.25) is 0 Å². The van der Waals surface area contributed by atoms with Gasteiger partial charge in [-0.1, -0.05) is 17.7 Å². The Morgan fingerprint density at radius 2 is 2.00 bits per heavy atom. The van der Waals surface area contributed by atoms with Gasteiger partial charge in [-0.2, -0.15) is 0 Å². The third kappa shape index (κ3) is 2.49. The van der Waals surface area contributed by atoms with Crippen LogP contribution >= 0.6 is 0 Å². The first-order valence-corrected chi connectivity index (χ1v) is 4.94. The van der Waals surface area contributed by atoms with Crippen molar-refractivity contribution in [3.8, 4) is 0 Å². The number of carbonyl (C=O) groups is 1. The lowest BCUT2D eigenvalue weighted by atomic mass is 9.97. The summed E-state index contributed by atoms with van der Waals surface area (Å²) >= 11 is 0. The fourth-order valence-electron chi connectivity index (χ4n) is 1.56. The van der Waals surface area contributed by atoms with Gasteiger partial charge >= 0.3 is 5.97 Å². The van der Waals surface area contributed by atoms with Crippen molar-refractivity contribution in [1.29, 1.82) is 0 Å². The average molecular weight is 207 g/mol. The van der Waals surface area contributed by atoms with Crippen molar-refractivity contribution in [2.45, 2.75) is 19.8 Å². The molecule has 0 aromatic heterocycles. The van der Waals surface area contributed by atoms with Crippen molar-refractivity contribution in [1.82, 2.24) is 0 Å². The molecule has 0 amide bonds. The number of hydrogen-bond acceptors (Lipinski definition) is 2. The summed E-state index contributed by atoms with van der Waals surface area (Å²) in [5, 5.41) is 9.01. The molecule has 0 spiro atoms. The normalized spacial score (nSPS) is 12.3. The molecule has 15 heavy (non-hydrogen) atoms. The smallest absolute Gasteiger partial charge is 0.310 e. The van der Waals surface area contributed by atoms with Crippen molar-refractivity contribution >= 4 is 11.7 Å². The highest BCUT2D eigenvalue weighted by molar-refractivity contribution is 5.78. The molecule has 82 valence electrons. The van der Waals surface area contributed by atoms with Crippen LogP contribution in [0.1, 0.15) is 24.0 Å². The maximum absolute atomic E-state index is 11.0. The lowest BCUT2D eigenvalue weighted by Crippen LogP contribution is -2.16. The van der Waals surface area contributed by atoms with Gasteiger partial charge in [-0.05, 0) is 25.5 Å². The molecule has 0 bridgehead atoms. The standard InChI is InChI=1S/C12H17NO2/c1-8-5-6-11(13(3)4)10(7-8)9(2)12(14)15/h5-7,9H,1-4H3,(H,14,15). The molecule has 0 fully saturated rings. The quantitative estimate of drug-likeness (QED) is 0.826. The van der Waals surface area contributed by atoms with Crippen molar-refractivity contribution in [2.75, 3.05) is 19.0 Å². The van der Waals surface area contributed by atoms with E-state index in [-0.39, 0.29) is 0 Å². The van der Waals surface area contributed by atoms with Crippen LogP contribution in [0.5, 0.6) is 0 Å². The number of hydrogen-bond donors (Lipinski definition) is 1. The van der Waals surface area contributed by atoms with Gasteiger partial charge < -0.3 is 10.0 Å². The number of carboxylic acids is 1. The lowest BCUT2D eigenvalue weighted by Gasteiger charge is -2.20. The highest BCUT2D eigenvalue weighted by atomic mass is 16.4. The van der Waals surface area contributed by atoms with E-state index < -0.39 is 11.9 Å². The van der Waals surface area contributed by atoms with E-state index in [1.165, 1.54) is 0 Å². The fourth-order valence-corrected chi connectivity index (χ4v) is 1.56. The molecular formula is C12H17NO2. The Hall–Kier alpha value is -1.51. The van der Waals surface area contributed by atoms with Gasteiger partial charge in [0.25, 0.3) is 0 Å². The summed E-state index contributed by atoms with van der Waals surface area (Å²) in [4.78, 5) is 12.9. The maximum atomic E-state index is 11.0. The number of benzene rings is 1. The van der Waals surface area contributed by atoms with Crippen LogP contribution in [0.3, 0.4) is 0 Å². The molecule has 3 nitrogen and oxygen atoms in total. The van der Waals surface area contributed by atoms with Crippen molar-refractivity contribution < 1.29 is 9.90 Å². The number of nitrogens with zero attached hydrogens (tertiary/aromatic N) is 1. The molecule has 3 heteroatoms. The largest absolute Gasteiger partial charge is 0.481 e. The van der Waals surface area contributed by atoms with Crippen LogP contribution in [0, 0.1) is 6.92 Å². The molecule has 0 saturated heterocycles. The molecule has 0 aliphatic heterocycles. The highest BCUT2D eigenvalue weighted by Crippen LogP contribution is 2.27. The number of aliphatic carboxylic acids is 1. The Kier molecular flexibility index (Phi) is 3.35. The van der Waals surface area contributed by atoms with Crippen LogP contribution in [0.25, 0.3) is 0 Å².